The molecule has 0 fully saturated rings. The molecule has 3 aromatic rings. The summed E-state index contributed by atoms with van der Waals surface area (Å²) >= 11 is 1.77. The van der Waals surface area contributed by atoms with Crippen molar-refractivity contribution in [2.24, 2.45) is 0 Å². The Morgan fingerprint density at radius 1 is 1.31 bits per heavy atom. The number of hydrogen-bond donors (Lipinski definition) is 0. The van der Waals surface area contributed by atoms with Crippen LogP contribution in [0.1, 0.15) is 16.0 Å². The first kappa shape index (κ1) is 16.6. The Morgan fingerprint density at radius 3 is 3.04 bits per heavy atom. The van der Waals surface area contributed by atoms with Crippen molar-refractivity contribution in [3.63, 3.8) is 0 Å². The van der Waals surface area contributed by atoms with Crippen molar-refractivity contribution in [2.45, 2.75) is 13.0 Å². The number of para-hydroxylation sites is 1. The Kier molecular flexibility index (Phi) is 4.58. The fourth-order valence-electron chi connectivity index (χ4n) is 3.08. The SMILES string of the molecule is C=C(c1ccccc1OCC(=O)N1CCc2sccc2C1)n1ccnc1. The number of rotatable bonds is 5. The van der Waals surface area contributed by atoms with Gasteiger partial charge in [-0.3, -0.25) is 4.79 Å². The molecule has 0 radical (unpaired) electrons. The first-order valence-corrected chi connectivity index (χ1v) is 9.33. The summed E-state index contributed by atoms with van der Waals surface area (Å²) < 4.78 is 7.68. The Balaban J connectivity index is 1.44. The van der Waals surface area contributed by atoms with Crippen molar-refractivity contribution in [3.05, 3.63) is 77.0 Å². The lowest BCUT2D eigenvalue weighted by atomic mass is 10.1. The lowest BCUT2D eigenvalue weighted by Gasteiger charge is -2.27. The molecule has 3 heterocycles. The Labute approximate surface area is 156 Å². The molecule has 0 bridgehead atoms. The summed E-state index contributed by atoms with van der Waals surface area (Å²) in [6.07, 6.45) is 6.15. The summed E-state index contributed by atoms with van der Waals surface area (Å²) in [4.78, 5) is 19.9. The van der Waals surface area contributed by atoms with E-state index in [-0.39, 0.29) is 12.5 Å². The fourth-order valence-corrected chi connectivity index (χ4v) is 3.97. The highest BCUT2D eigenvalue weighted by Crippen LogP contribution is 2.27. The molecule has 6 heteroatoms. The van der Waals surface area contributed by atoms with Gasteiger partial charge in [0.05, 0.1) is 12.0 Å². The predicted molar refractivity (Wildman–Crippen MR) is 102 cm³/mol. The van der Waals surface area contributed by atoms with Gasteiger partial charge in [-0.1, -0.05) is 18.7 Å². The number of benzene rings is 1. The average Bonchev–Trinajstić information content (AvgIpc) is 3.36. The molecule has 0 saturated heterocycles. The number of thiophene rings is 1. The maximum atomic E-state index is 12.6. The molecular formula is C20H19N3O2S. The highest BCUT2D eigenvalue weighted by Gasteiger charge is 2.22. The van der Waals surface area contributed by atoms with Crippen LogP contribution in [0, 0.1) is 0 Å². The molecule has 2 aromatic heterocycles. The molecular weight excluding hydrogens is 346 g/mol. The number of hydrogen-bond acceptors (Lipinski definition) is 4. The molecule has 0 aliphatic carbocycles. The number of carbonyl (C=O) groups excluding carboxylic acids is 1. The van der Waals surface area contributed by atoms with E-state index in [0.717, 1.165) is 24.2 Å². The van der Waals surface area contributed by atoms with Crippen LogP contribution in [0.2, 0.25) is 0 Å². The number of aromatic nitrogens is 2. The number of nitrogens with zero attached hydrogens (tertiary/aromatic N) is 3. The molecule has 1 aromatic carbocycles. The molecule has 26 heavy (non-hydrogen) atoms. The van der Waals surface area contributed by atoms with Crippen LogP contribution in [0.25, 0.3) is 5.70 Å². The number of carbonyl (C=O) groups is 1. The van der Waals surface area contributed by atoms with Crippen LogP contribution >= 0.6 is 11.3 Å². The van der Waals surface area contributed by atoms with E-state index in [4.69, 9.17) is 4.74 Å². The van der Waals surface area contributed by atoms with Crippen molar-refractivity contribution in [3.8, 4) is 5.75 Å². The summed E-state index contributed by atoms with van der Waals surface area (Å²) in [5.41, 5.74) is 2.85. The molecule has 0 spiro atoms. The Bertz CT molecular complexity index is 930. The predicted octanol–water partition coefficient (Wildman–Crippen LogP) is 3.43. The van der Waals surface area contributed by atoms with Gasteiger partial charge in [0, 0.05) is 35.9 Å². The normalized spacial score (nSPS) is 13.3. The van der Waals surface area contributed by atoms with Crippen LogP contribution in [0.4, 0.5) is 0 Å². The molecule has 0 atom stereocenters. The van der Waals surface area contributed by atoms with Crippen molar-refractivity contribution >= 4 is 22.9 Å². The highest BCUT2D eigenvalue weighted by molar-refractivity contribution is 7.10. The van der Waals surface area contributed by atoms with Gasteiger partial charge in [0.1, 0.15) is 5.75 Å². The maximum absolute atomic E-state index is 12.6. The van der Waals surface area contributed by atoms with E-state index in [2.05, 4.69) is 23.0 Å². The quantitative estimate of drug-likeness (QED) is 0.696. The van der Waals surface area contributed by atoms with Gasteiger partial charge in [0.25, 0.3) is 5.91 Å². The number of ether oxygens (including phenoxy) is 1. The van der Waals surface area contributed by atoms with Crippen molar-refractivity contribution < 1.29 is 9.53 Å². The zero-order valence-corrected chi connectivity index (χ0v) is 15.1. The van der Waals surface area contributed by atoms with Gasteiger partial charge in [-0.05, 0) is 35.6 Å². The average molecular weight is 365 g/mol. The molecule has 1 aliphatic rings. The van der Waals surface area contributed by atoms with Crippen LogP contribution in [0.5, 0.6) is 5.75 Å². The lowest BCUT2D eigenvalue weighted by Crippen LogP contribution is -2.38. The molecule has 5 nitrogen and oxygen atoms in total. The minimum Gasteiger partial charge on any atom is -0.483 e. The minimum absolute atomic E-state index is 0.00453. The number of fused-ring (bicyclic) bond motifs is 1. The summed E-state index contributed by atoms with van der Waals surface area (Å²) in [6, 6.07) is 9.71. The van der Waals surface area contributed by atoms with E-state index in [1.807, 2.05) is 39.9 Å². The topological polar surface area (TPSA) is 47.4 Å². The van der Waals surface area contributed by atoms with E-state index in [0.29, 0.717) is 12.3 Å². The van der Waals surface area contributed by atoms with Gasteiger partial charge in [0.15, 0.2) is 6.61 Å². The maximum Gasteiger partial charge on any atom is 0.260 e. The lowest BCUT2D eigenvalue weighted by molar-refractivity contribution is -0.134. The van der Waals surface area contributed by atoms with Crippen molar-refractivity contribution in [2.75, 3.05) is 13.2 Å². The smallest absolute Gasteiger partial charge is 0.260 e. The van der Waals surface area contributed by atoms with Gasteiger partial charge in [-0.25, -0.2) is 4.98 Å². The zero-order valence-electron chi connectivity index (χ0n) is 14.3. The van der Waals surface area contributed by atoms with E-state index < -0.39 is 0 Å². The molecule has 1 amide bonds. The Hall–Kier alpha value is -2.86. The van der Waals surface area contributed by atoms with E-state index in [1.54, 1.807) is 23.9 Å². The standard InChI is InChI=1S/C20H19N3O2S/c1-15(23-10-8-21-14-23)17-4-2-3-5-18(17)25-13-20(24)22-9-6-19-16(12-22)7-11-26-19/h2-5,7-8,10-11,14H,1,6,9,12-13H2. The monoisotopic (exact) mass is 365 g/mol. The molecule has 0 N–H and O–H groups in total. The summed E-state index contributed by atoms with van der Waals surface area (Å²) in [5, 5.41) is 2.09. The molecule has 1 aliphatic heterocycles. The second kappa shape index (κ2) is 7.17. The summed E-state index contributed by atoms with van der Waals surface area (Å²) in [6.45, 7) is 5.55. The summed E-state index contributed by atoms with van der Waals surface area (Å²) in [7, 11) is 0. The Morgan fingerprint density at radius 2 is 2.19 bits per heavy atom. The van der Waals surface area contributed by atoms with Crippen LogP contribution in [0.3, 0.4) is 0 Å². The third-order valence-electron chi connectivity index (χ3n) is 4.53. The molecule has 4 rings (SSSR count). The van der Waals surface area contributed by atoms with Gasteiger partial charge in [0.2, 0.25) is 0 Å². The molecule has 0 saturated carbocycles. The van der Waals surface area contributed by atoms with Gasteiger partial charge in [-0.2, -0.15) is 0 Å². The fraction of sp³-hybridized carbons (Fsp3) is 0.200. The minimum atomic E-state index is 0.00453. The first-order chi connectivity index (χ1) is 12.7. The van der Waals surface area contributed by atoms with Crippen molar-refractivity contribution in [1.29, 1.82) is 0 Å². The van der Waals surface area contributed by atoms with E-state index in [1.165, 1.54) is 10.4 Å². The first-order valence-electron chi connectivity index (χ1n) is 8.45. The van der Waals surface area contributed by atoms with Crippen LogP contribution in [0.15, 0.2) is 61.0 Å². The van der Waals surface area contributed by atoms with E-state index in [9.17, 15) is 4.79 Å². The van der Waals surface area contributed by atoms with Crippen LogP contribution in [-0.2, 0) is 17.8 Å². The molecule has 132 valence electrons. The van der Waals surface area contributed by atoms with E-state index >= 15 is 0 Å². The van der Waals surface area contributed by atoms with Gasteiger partial charge < -0.3 is 14.2 Å². The largest absolute Gasteiger partial charge is 0.483 e. The second-order valence-electron chi connectivity index (χ2n) is 6.14. The summed E-state index contributed by atoms with van der Waals surface area (Å²) in [5.74, 6) is 0.651. The number of imidazole rings is 1. The second-order valence-corrected chi connectivity index (χ2v) is 7.14. The zero-order chi connectivity index (χ0) is 17.9. The molecule has 0 unspecified atom stereocenters. The van der Waals surface area contributed by atoms with Crippen LogP contribution < -0.4 is 4.74 Å². The van der Waals surface area contributed by atoms with Crippen molar-refractivity contribution in [1.82, 2.24) is 14.5 Å². The van der Waals surface area contributed by atoms with Gasteiger partial charge in [-0.15, -0.1) is 11.3 Å². The third kappa shape index (κ3) is 3.28. The third-order valence-corrected chi connectivity index (χ3v) is 5.55. The highest BCUT2D eigenvalue weighted by atomic mass is 32.1. The van der Waals surface area contributed by atoms with Gasteiger partial charge >= 0.3 is 0 Å². The number of amides is 1. The van der Waals surface area contributed by atoms with Crippen LogP contribution in [-0.4, -0.2) is 33.5 Å².